The molecule has 0 fully saturated rings. The van der Waals surface area contributed by atoms with E-state index in [1.807, 2.05) is 12.1 Å². The van der Waals surface area contributed by atoms with Crippen LogP contribution in [0.2, 0.25) is 0 Å². The standard InChI is InChI=1S/C9H10BrNO2/c10-5-6-1-3-7(4-2-6)8(11)9(12)13/h1-4,8H,5,11H2,(H,12,13)/t8-/m1/s1. The number of benzene rings is 1. The predicted molar refractivity (Wildman–Crippen MR) is 53.6 cm³/mol. The smallest absolute Gasteiger partial charge is 0.325 e. The van der Waals surface area contributed by atoms with Crippen LogP contribution in [0.25, 0.3) is 0 Å². The number of carbonyl (C=O) groups is 1. The van der Waals surface area contributed by atoms with Crippen LogP contribution in [0, 0.1) is 0 Å². The molecule has 0 bridgehead atoms. The lowest BCUT2D eigenvalue weighted by Crippen LogP contribution is -2.20. The average Bonchev–Trinajstić information content (AvgIpc) is 2.17. The molecule has 3 nitrogen and oxygen atoms in total. The maximum Gasteiger partial charge on any atom is 0.325 e. The van der Waals surface area contributed by atoms with Gasteiger partial charge in [0, 0.05) is 5.33 Å². The first-order valence-electron chi connectivity index (χ1n) is 3.78. The molecule has 0 heterocycles. The summed E-state index contributed by atoms with van der Waals surface area (Å²) in [5, 5.41) is 9.39. The van der Waals surface area contributed by atoms with Crippen LogP contribution in [0.3, 0.4) is 0 Å². The van der Waals surface area contributed by atoms with Crippen LogP contribution in [-0.4, -0.2) is 11.1 Å². The van der Waals surface area contributed by atoms with Crippen molar-refractivity contribution in [1.82, 2.24) is 0 Å². The van der Waals surface area contributed by atoms with Crippen LogP contribution < -0.4 is 5.73 Å². The summed E-state index contributed by atoms with van der Waals surface area (Å²) in [6.07, 6.45) is 0. The summed E-state index contributed by atoms with van der Waals surface area (Å²) in [6.45, 7) is 0. The lowest BCUT2D eigenvalue weighted by Gasteiger charge is -2.06. The van der Waals surface area contributed by atoms with Crippen LogP contribution in [-0.2, 0) is 10.1 Å². The normalized spacial score (nSPS) is 12.5. The second kappa shape index (κ2) is 4.39. The molecule has 0 unspecified atom stereocenters. The molecule has 1 atom stereocenters. The number of hydrogen-bond acceptors (Lipinski definition) is 2. The Morgan fingerprint density at radius 3 is 2.38 bits per heavy atom. The van der Waals surface area contributed by atoms with E-state index in [4.69, 9.17) is 10.8 Å². The van der Waals surface area contributed by atoms with E-state index in [1.165, 1.54) is 0 Å². The highest BCUT2D eigenvalue weighted by Gasteiger charge is 2.13. The molecule has 0 saturated heterocycles. The molecule has 13 heavy (non-hydrogen) atoms. The van der Waals surface area contributed by atoms with Gasteiger partial charge in [-0.1, -0.05) is 40.2 Å². The van der Waals surface area contributed by atoms with Crippen LogP contribution in [0.5, 0.6) is 0 Å². The van der Waals surface area contributed by atoms with Gasteiger partial charge in [-0.15, -0.1) is 0 Å². The average molecular weight is 244 g/mol. The number of carboxylic acids is 1. The van der Waals surface area contributed by atoms with Gasteiger partial charge >= 0.3 is 5.97 Å². The Balaban J connectivity index is 2.85. The zero-order chi connectivity index (χ0) is 9.84. The third-order valence-corrected chi connectivity index (χ3v) is 2.41. The van der Waals surface area contributed by atoms with Gasteiger partial charge < -0.3 is 10.8 Å². The Hall–Kier alpha value is -0.870. The fourth-order valence-corrected chi connectivity index (χ4v) is 1.33. The van der Waals surface area contributed by atoms with Crippen LogP contribution in [0.15, 0.2) is 24.3 Å². The van der Waals surface area contributed by atoms with E-state index in [9.17, 15) is 4.79 Å². The summed E-state index contributed by atoms with van der Waals surface area (Å²) in [7, 11) is 0. The molecule has 0 aliphatic carbocycles. The molecule has 4 heteroatoms. The van der Waals surface area contributed by atoms with Crippen molar-refractivity contribution in [2.75, 3.05) is 0 Å². The number of rotatable bonds is 3. The van der Waals surface area contributed by atoms with E-state index in [0.717, 1.165) is 10.9 Å². The zero-order valence-electron chi connectivity index (χ0n) is 6.90. The Morgan fingerprint density at radius 1 is 1.46 bits per heavy atom. The van der Waals surface area contributed by atoms with Gasteiger partial charge in [-0.3, -0.25) is 4.79 Å². The molecule has 0 aromatic heterocycles. The number of nitrogens with two attached hydrogens (primary N) is 1. The predicted octanol–water partition coefficient (Wildman–Crippen LogP) is 1.67. The number of aliphatic carboxylic acids is 1. The second-order valence-electron chi connectivity index (χ2n) is 2.69. The number of hydrogen-bond donors (Lipinski definition) is 2. The molecule has 0 saturated carbocycles. The first-order valence-corrected chi connectivity index (χ1v) is 4.90. The van der Waals surface area contributed by atoms with Gasteiger partial charge in [-0.05, 0) is 11.1 Å². The molecule has 3 N–H and O–H groups in total. The highest BCUT2D eigenvalue weighted by molar-refractivity contribution is 9.08. The minimum absolute atomic E-state index is 0.622. The summed E-state index contributed by atoms with van der Waals surface area (Å²) in [4.78, 5) is 10.5. The van der Waals surface area contributed by atoms with Gasteiger partial charge in [0.25, 0.3) is 0 Å². The van der Waals surface area contributed by atoms with E-state index in [-0.39, 0.29) is 0 Å². The highest BCUT2D eigenvalue weighted by atomic mass is 79.9. The lowest BCUT2D eigenvalue weighted by atomic mass is 10.1. The molecular formula is C9H10BrNO2. The molecule has 0 radical (unpaired) electrons. The topological polar surface area (TPSA) is 63.3 Å². The largest absolute Gasteiger partial charge is 0.480 e. The van der Waals surface area contributed by atoms with E-state index in [0.29, 0.717) is 5.56 Å². The van der Waals surface area contributed by atoms with Crippen LogP contribution >= 0.6 is 15.9 Å². The van der Waals surface area contributed by atoms with Crippen LogP contribution in [0.1, 0.15) is 17.2 Å². The molecule has 1 rings (SSSR count). The molecule has 0 aliphatic heterocycles. The minimum Gasteiger partial charge on any atom is -0.480 e. The van der Waals surface area contributed by atoms with Crippen molar-refractivity contribution < 1.29 is 9.90 Å². The van der Waals surface area contributed by atoms with Crippen molar-refractivity contribution in [2.24, 2.45) is 5.73 Å². The summed E-state index contributed by atoms with van der Waals surface area (Å²) in [5.41, 5.74) is 7.14. The third kappa shape index (κ3) is 2.54. The molecule has 70 valence electrons. The van der Waals surface area contributed by atoms with Gasteiger partial charge in [0.15, 0.2) is 0 Å². The van der Waals surface area contributed by atoms with Crippen molar-refractivity contribution in [3.8, 4) is 0 Å². The molecule has 1 aromatic carbocycles. The SMILES string of the molecule is N[C@@H](C(=O)O)c1ccc(CBr)cc1. The number of carboxylic acid groups (broad SMARTS) is 1. The van der Waals surface area contributed by atoms with Crippen LogP contribution in [0.4, 0.5) is 0 Å². The molecule has 0 spiro atoms. The van der Waals surface area contributed by atoms with Gasteiger partial charge in [-0.25, -0.2) is 0 Å². The maximum atomic E-state index is 10.5. The first-order chi connectivity index (χ1) is 6.15. The second-order valence-corrected chi connectivity index (χ2v) is 3.25. The van der Waals surface area contributed by atoms with E-state index < -0.39 is 12.0 Å². The van der Waals surface area contributed by atoms with E-state index >= 15 is 0 Å². The van der Waals surface area contributed by atoms with Crippen molar-refractivity contribution in [3.05, 3.63) is 35.4 Å². The van der Waals surface area contributed by atoms with E-state index in [2.05, 4.69) is 15.9 Å². The zero-order valence-corrected chi connectivity index (χ0v) is 8.49. The molecule has 0 aliphatic rings. The number of alkyl halides is 1. The van der Waals surface area contributed by atoms with Gasteiger partial charge in [-0.2, -0.15) is 0 Å². The summed E-state index contributed by atoms with van der Waals surface area (Å²) in [5.74, 6) is -1.01. The molecular weight excluding hydrogens is 234 g/mol. The Labute approximate surface area is 84.7 Å². The van der Waals surface area contributed by atoms with Gasteiger partial charge in [0.05, 0.1) is 0 Å². The maximum absolute atomic E-state index is 10.5. The third-order valence-electron chi connectivity index (χ3n) is 1.76. The molecule has 1 aromatic rings. The van der Waals surface area contributed by atoms with Crippen molar-refractivity contribution >= 4 is 21.9 Å². The highest BCUT2D eigenvalue weighted by Crippen LogP contribution is 2.13. The quantitative estimate of drug-likeness (QED) is 0.795. The van der Waals surface area contributed by atoms with Crippen molar-refractivity contribution in [3.63, 3.8) is 0 Å². The molecule has 0 amide bonds. The van der Waals surface area contributed by atoms with Crippen molar-refractivity contribution in [1.29, 1.82) is 0 Å². The Morgan fingerprint density at radius 2 is 2.00 bits per heavy atom. The van der Waals surface area contributed by atoms with Gasteiger partial charge in [0.2, 0.25) is 0 Å². The summed E-state index contributed by atoms with van der Waals surface area (Å²) >= 11 is 3.30. The van der Waals surface area contributed by atoms with Crippen molar-refractivity contribution in [2.45, 2.75) is 11.4 Å². The van der Waals surface area contributed by atoms with E-state index in [1.54, 1.807) is 12.1 Å². The fourth-order valence-electron chi connectivity index (χ4n) is 0.957. The van der Waals surface area contributed by atoms with Gasteiger partial charge in [0.1, 0.15) is 6.04 Å². The Bertz CT molecular complexity index is 297. The summed E-state index contributed by atoms with van der Waals surface area (Å²) < 4.78 is 0. The fraction of sp³-hybridized carbons (Fsp3) is 0.222. The first kappa shape index (κ1) is 10.2. The Kier molecular flexibility index (Phi) is 3.45. The number of halogens is 1. The minimum atomic E-state index is -1.01. The monoisotopic (exact) mass is 243 g/mol. The summed E-state index contributed by atoms with van der Waals surface area (Å²) in [6, 6.07) is 6.24. The lowest BCUT2D eigenvalue weighted by molar-refractivity contribution is -0.138.